The Bertz CT molecular complexity index is 312. The molecule has 0 bridgehead atoms. The first-order chi connectivity index (χ1) is 6.63. The number of rotatable bonds is 4. The molecule has 1 rings (SSSR count). The Hall–Kier alpha value is -0.290. The van der Waals surface area contributed by atoms with Crippen molar-refractivity contribution in [3.63, 3.8) is 0 Å². The van der Waals surface area contributed by atoms with E-state index in [1.807, 2.05) is 6.92 Å². The summed E-state index contributed by atoms with van der Waals surface area (Å²) >= 11 is 6.48. The van der Waals surface area contributed by atoms with Crippen LogP contribution in [0.1, 0.15) is 17.5 Å². The molecule has 0 aromatic carbocycles. The fraction of sp³-hybridized carbons (Fsp3) is 0.444. The number of hydrogen-bond donors (Lipinski definition) is 1. The zero-order chi connectivity index (χ0) is 10.6. The third-order valence-electron chi connectivity index (χ3n) is 1.67. The van der Waals surface area contributed by atoms with E-state index in [4.69, 9.17) is 4.42 Å². The predicted molar refractivity (Wildman–Crippen MR) is 61.7 cm³/mol. The minimum atomic E-state index is -0.177. The van der Waals surface area contributed by atoms with Crippen molar-refractivity contribution in [1.29, 1.82) is 0 Å². The van der Waals surface area contributed by atoms with Crippen LogP contribution in [-0.2, 0) is 0 Å². The van der Waals surface area contributed by atoms with E-state index in [9.17, 15) is 4.79 Å². The summed E-state index contributed by atoms with van der Waals surface area (Å²) < 4.78 is 5.67. The van der Waals surface area contributed by atoms with Gasteiger partial charge in [-0.05, 0) is 34.0 Å². The minimum absolute atomic E-state index is 0.177. The summed E-state index contributed by atoms with van der Waals surface area (Å²) in [6.07, 6.45) is 0. The normalized spacial score (nSPS) is 12.5. The standard InChI is InChI=1S/C9H11Br2NO2/c1-6(4-10)5-12-9(13)7-2-3-8(11)14-7/h2-3,6H,4-5H2,1H3,(H,12,13). The Kier molecular flexibility index (Phi) is 4.68. The lowest BCUT2D eigenvalue weighted by atomic mass is 10.2. The molecule has 0 saturated carbocycles. The van der Waals surface area contributed by atoms with Gasteiger partial charge in [0.1, 0.15) is 0 Å². The van der Waals surface area contributed by atoms with Gasteiger partial charge in [-0.1, -0.05) is 22.9 Å². The van der Waals surface area contributed by atoms with Crippen LogP contribution in [0.3, 0.4) is 0 Å². The van der Waals surface area contributed by atoms with Crippen LogP contribution in [0, 0.1) is 5.92 Å². The van der Waals surface area contributed by atoms with Gasteiger partial charge in [0.15, 0.2) is 10.4 Å². The molecule has 1 N–H and O–H groups in total. The number of nitrogens with one attached hydrogen (secondary N) is 1. The molecular formula is C9H11Br2NO2. The fourth-order valence-corrected chi connectivity index (χ4v) is 1.38. The van der Waals surface area contributed by atoms with Gasteiger partial charge in [0.2, 0.25) is 0 Å². The predicted octanol–water partition coefficient (Wildman–Crippen LogP) is 2.80. The van der Waals surface area contributed by atoms with Gasteiger partial charge in [-0.3, -0.25) is 4.79 Å². The highest BCUT2D eigenvalue weighted by Crippen LogP contribution is 2.13. The number of alkyl halides is 1. The second-order valence-corrected chi connectivity index (χ2v) is 4.50. The summed E-state index contributed by atoms with van der Waals surface area (Å²) in [6.45, 7) is 2.69. The summed E-state index contributed by atoms with van der Waals surface area (Å²) in [7, 11) is 0. The molecule has 1 aromatic rings. The van der Waals surface area contributed by atoms with E-state index in [2.05, 4.69) is 37.2 Å². The van der Waals surface area contributed by atoms with E-state index in [1.54, 1.807) is 12.1 Å². The molecule has 1 heterocycles. The van der Waals surface area contributed by atoms with Crippen molar-refractivity contribution in [3.05, 3.63) is 22.6 Å². The van der Waals surface area contributed by atoms with Crippen molar-refractivity contribution in [2.75, 3.05) is 11.9 Å². The van der Waals surface area contributed by atoms with Crippen LogP contribution in [0.15, 0.2) is 21.2 Å². The molecule has 0 aliphatic rings. The monoisotopic (exact) mass is 323 g/mol. The summed E-state index contributed by atoms with van der Waals surface area (Å²) in [4.78, 5) is 11.4. The van der Waals surface area contributed by atoms with E-state index in [0.29, 0.717) is 22.9 Å². The maximum atomic E-state index is 11.4. The van der Waals surface area contributed by atoms with Crippen LogP contribution < -0.4 is 5.32 Å². The van der Waals surface area contributed by atoms with Crippen molar-refractivity contribution >= 4 is 37.8 Å². The first-order valence-electron chi connectivity index (χ1n) is 4.23. The number of furan rings is 1. The molecule has 0 spiro atoms. The minimum Gasteiger partial charge on any atom is -0.444 e. The van der Waals surface area contributed by atoms with Gasteiger partial charge in [-0.15, -0.1) is 0 Å². The van der Waals surface area contributed by atoms with Gasteiger partial charge in [-0.25, -0.2) is 0 Å². The first kappa shape index (κ1) is 11.8. The number of halogens is 2. The van der Waals surface area contributed by atoms with Crippen molar-refractivity contribution in [3.8, 4) is 0 Å². The van der Waals surface area contributed by atoms with Crippen LogP contribution in [0.25, 0.3) is 0 Å². The van der Waals surface area contributed by atoms with E-state index < -0.39 is 0 Å². The number of amides is 1. The largest absolute Gasteiger partial charge is 0.444 e. The van der Waals surface area contributed by atoms with Gasteiger partial charge >= 0.3 is 0 Å². The third-order valence-corrected chi connectivity index (χ3v) is 3.20. The smallest absolute Gasteiger partial charge is 0.287 e. The van der Waals surface area contributed by atoms with Crippen LogP contribution >= 0.6 is 31.9 Å². The molecule has 0 radical (unpaired) electrons. The Morgan fingerprint density at radius 1 is 1.64 bits per heavy atom. The molecule has 5 heteroatoms. The van der Waals surface area contributed by atoms with Gasteiger partial charge in [0.25, 0.3) is 5.91 Å². The molecular weight excluding hydrogens is 314 g/mol. The molecule has 0 fully saturated rings. The van der Waals surface area contributed by atoms with Gasteiger partial charge in [0, 0.05) is 11.9 Å². The maximum absolute atomic E-state index is 11.4. The van der Waals surface area contributed by atoms with Crippen molar-refractivity contribution in [2.45, 2.75) is 6.92 Å². The fourth-order valence-electron chi connectivity index (χ4n) is 0.845. The number of carbonyl (C=O) groups excluding carboxylic acids is 1. The van der Waals surface area contributed by atoms with Crippen molar-refractivity contribution in [2.24, 2.45) is 5.92 Å². The van der Waals surface area contributed by atoms with Crippen LogP contribution in [-0.4, -0.2) is 17.8 Å². The molecule has 1 amide bonds. The first-order valence-corrected chi connectivity index (χ1v) is 6.14. The highest BCUT2D eigenvalue weighted by molar-refractivity contribution is 9.10. The van der Waals surface area contributed by atoms with E-state index in [0.717, 1.165) is 5.33 Å². The Labute approximate surface area is 99.5 Å². The molecule has 78 valence electrons. The molecule has 1 aromatic heterocycles. The van der Waals surface area contributed by atoms with Crippen LogP contribution in [0.2, 0.25) is 0 Å². The zero-order valence-electron chi connectivity index (χ0n) is 7.72. The third kappa shape index (κ3) is 3.46. The molecule has 1 unspecified atom stereocenters. The zero-order valence-corrected chi connectivity index (χ0v) is 10.9. The summed E-state index contributed by atoms with van der Waals surface area (Å²) in [5.74, 6) is 0.569. The van der Waals surface area contributed by atoms with E-state index >= 15 is 0 Å². The second kappa shape index (κ2) is 5.56. The van der Waals surface area contributed by atoms with Crippen molar-refractivity contribution < 1.29 is 9.21 Å². The molecule has 0 aliphatic carbocycles. The molecule has 3 nitrogen and oxygen atoms in total. The average Bonchev–Trinajstić information content (AvgIpc) is 2.60. The maximum Gasteiger partial charge on any atom is 0.287 e. The average molecular weight is 325 g/mol. The number of carbonyl (C=O) groups is 1. The SMILES string of the molecule is CC(CBr)CNC(=O)c1ccc(Br)o1. The van der Waals surface area contributed by atoms with Crippen LogP contribution in [0.4, 0.5) is 0 Å². The van der Waals surface area contributed by atoms with Gasteiger partial charge in [0.05, 0.1) is 0 Å². The quantitative estimate of drug-likeness (QED) is 0.865. The second-order valence-electron chi connectivity index (χ2n) is 3.07. The Balaban J connectivity index is 2.43. The Morgan fingerprint density at radius 3 is 2.86 bits per heavy atom. The summed E-state index contributed by atoms with van der Waals surface area (Å²) in [6, 6.07) is 3.33. The van der Waals surface area contributed by atoms with E-state index in [1.165, 1.54) is 0 Å². The summed E-state index contributed by atoms with van der Waals surface area (Å²) in [5.41, 5.74) is 0. The molecule has 0 saturated heterocycles. The number of hydrogen-bond acceptors (Lipinski definition) is 2. The highest BCUT2D eigenvalue weighted by Gasteiger charge is 2.10. The Morgan fingerprint density at radius 2 is 2.36 bits per heavy atom. The molecule has 1 atom stereocenters. The lowest BCUT2D eigenvalue weighted by molar-refractivity contribution is 0.0920. The topological polar surface area (TPSA) is 42.2 Å². The summed E-state index contributed by atoms with van der Waals surface area (Å²) in [5, 5.41) is 3.65. The highest BCUT2D eigenvalue weighted by atomic mass is 79.9. The van der Waals surface area contributed by atoms with Crippen LogP contribution in [0.5, 0.6) is 0 Å². The molecule has 0 aliphatic heterocycles. The molecule has 14 heavy (non-hydrogen) atoms. The lowest BCUT2D eigenvalue weighted by Crippen LogP contribution is -2.28. The van der Waals surface area contributed by atoms with Gasteiger partial charge < -0.3 is 9.73 Å². The van der Waals surface area contributed by atoms with Gasteiger partial charge in [-0.2, -0.15) is 0 Å². The lowest BCUT2D eigenvalue weighted by Gasteiger charge is -2.07. The van der Waals surface area contributed by atoms with E-state index in [-0.39, 0.29) is 5.91 Å². The van der Waals surface area contributed by atoms with Crippen molar-refractivity contribution in [1.82, 2.24) is 5.32 Å².